The van der Waals surface area contributed by atoms with E-state index in [1.165, 1.54) is 0 Å². The van der Waals surface area contributed by atoms with Gasteiger partial charge in [0, 0.05) is 23.7 Å². The molecule has 1 aromatic carbocycles. The molecule has 29 heavy (non-hydrogen) atoms. The van der Waals surface area contributed by atoms with E-state index >= 15 is 0 Å². The highest BCUT2D eigenvalue weighted by Crippen LogP contribution is 2.33. The van der Waals surface area contributed by atoms with Crippen LogP contribution in [0, 0.1) is 16.6 Å². The lowest BCUT2D eigenvalue weighted by molar-refractivity contribution is -0.141. The van der Waals surface area contributed by atoms with Crippen LogP contribution in [0.5, 0.6) is 0 Å². The van der Waals surface area contributed by atoms with Crippen LogP contribution in [0.3, 0.4) is 0 Å². The average Bonchev–Trinajstić information content (AvgIpc) is 2.67. The van der Waals surface area contributed by atoms with Crippen molar-refractivity contribution >= 4 is 103 Å². The van der Waals surface area contributed by atoms with E-state index in [1.54, 1.807) is 0 Å². The van der Waals surface area contributed by atoms with Crippen molar-refractivity contribution in [3.63, 3.8) is 0 Å². The van der Waals surface area contributed by atoms with Crippen LogP contribution >= 0.6 is 79.4 Å². The summed E-state index contributed by atoms with van der Waals surface area (Å²) in [4.78, 5) is 34.9. The molecule has 3 N–H and O–H groups in total. The van der Waals surface area contributed by atoms with Crippen molar-refractivity contribution in [3.8, 4) is 0 Å². The molecule has 0 aromatic heterocycles. The molecule has 0 radical (unpaired) electrons. The third-order valence-corrected chi connectivity index (χ3v) is 7.59. The summed E-state index contributed by atoms with van der Waals surface area (Å²) in [7, 11) is 0. The van der Waals surface area contributed by atoms with Gasteiger partial charge in [0.25, 0.3) is 0 Å². The van der Waals surface area contributed by atoms with E-state index < -0.39 is 11.9 Å². The molecule has 6 nitrogen and oxygen atoms in total. The van der Waals surface area contributed by atoms with Crippen molar-refractivity contribution in [2.24, 2.45) is 5.92 Å². The number of hydrogen-bond acceptors (Lipinski definition) is 3. The Morgan fingerprint density at radius 3 is 2.38 bits per heavy atom. The first kappa shape index (κ1) is 27.1. The predicted octanol–water partition coefficient (Wildman–Crippen LogP) is 5.01. The zero-order valence-electron chi connectivity index (χ0n) is 16.0. The number of aliphatic carboxylic acids is 1. The van der Waals surface area contributed by atoms with Gasteiger partial charge < -0.3 is 15.7 Å². The molecule has 2 amide bonds. The standard InChI is InChI=1S/C19H24ClI3N2O4/c1-2-11(19(28)29)8-12-13(21)9-14(22)18(17(12)23)25-15(26)6-4-3-5-7-24-16(27)10-20/h9,11H,2-8,10H2,1H3,(H,24,27)(H,25,26)(H,28,29). The minimum absolute atomic E-state index is 0.0385. The maximum atomic E-state index is 12.4. The summed E-state index contributed by atoms with van der Waals surface area (Å²) in [5.41, 5.74) is 1.72. The first-order valence-corrected chi connectivity index (χ1v) is 13.0. The fourth-order valence-electron chi connectivity index (χ4n) is 2.65. The number of carbonyl (C=O) groups is 3. The van der Waals surface area contributed by atoms with Crippen molar-refractivity contribution in [3.05, 3.63) is 22.3 Å². The topological polar surface area (TPSA) is 95.5 Å². The number of anilines is 1. The number of unbranched alkanes of at least 4 members (excludes halogenated alkanes) is 2. The number of benzene rings is 1. The molecule has 0 saturated heterocycles. The first-order chi connectivity index (χ1) is 13.7. The third kappa shape index (κ3) is 9.42. The maximum absolute atomic E-state index is 12.4. The quantitative estimate of drug-likeness (QED) is 0.159. The molecule has 0 aliphatic heterocycles. The highest BCUT2D eigenvalue weighted by molar-refractivity contribution is 14.1. The molecule has 0 heterocycles. The summed E-state index contributed by atoms with van der Waals surface area (Å²) in [5, 5.41) is 15.1. The van der Waals surface area contributed by atoms with Crippen LogP contribution < -0.4 is 10.6 Å². The smallest absolute Gasteiger partial charge is 0.306 e. The van der Waals surface area contributed by atoms with Crippen LogP contribution in [0.15, 0.2) is 6.07 Å². The zero-order valence-corrected chi connectivity index (χ0v) is 23.2. The number of nitrogens with one attached hydrogen (secondary N) is 2. The third-order valence-electron chi connectivity index (χ3n) is 4.35. The molecule has 1 rings (SSSR count). The van der Waals surface area contributed by atoms with Gasteiger partial charge >= 0.3 is 5.97 Å². The molecule has 0 bridgehead atoms. The number of carboxylic acids is 1. The lowest BCUT2D eigenvalue weighted by Crippen LogP contribution is -2.25. The van der Waals surface area contributed by atoms with Crippen molar-refractivity contribution in [1.82, 2.24) is 5.32 Å². The Labute approximate surface area is 217 Å². The van der Waals surface area contributed by atoms with Crippen molar-refractivity contribution in [2.75, 3.05) is 17.7 Å². The Kier molecular flexibility index (Phi) is 13.3. The van der Waals surface area contributed by atoms with Gasteiger partial charge in [-0.05, 0) is 105 Å². The molecule has 0 spiro atoms. The zero-order chi connectivity index (χ0) is 22.0. The molecule has 1 aromatic rings. The maximum Gasteiger partial charge on any atom is 0.306 e. The van der Waals surface area contributed by atoms with E-state index in [4.69, 9.17) is 11.6 Å². The fraction of sp³-hybridized carbons (Fsp3) is 0.526. The van der Waals surface area contributed by atoms with Crippen molar-refractivity contribution < 1.29 is 19.5 Å². The average molecular weight is 761 g/mol. The first-order valence-electron chi connectivity index (χ1n) is 9.22. The largest absolute Gasteiger partial charge is 0.481 e. The molecule has 10 heteroatoms. The highest BCUT2D eigenvalue weighted by Gasteiger charge is 2.22. The Hall–Kier alpha value is 0.110. The minimum atomic E-state index is -0.800. The Morgan fingerprint density at radius 2 is 1.79 bits per heavy atom. The summed E-state index contributed by atoms with van der Waals surface area (Å²) in [5.74, 6) is -1.53. The van der Waals surface area contributed by atoms with Gasteiger partial charge in [0.2, 0.25) is 11.8 Å². The van der Waals surface area contributed by atoms with Gasteiger partial charge in [0.05, 0.1) is 11.6 Å². The monoisotopic (exact) mass is 760 g/mol. The molecule has 0 fully saturated rings. The van der Waals surface area contributed by atoms with E-state index in [0.29, 0.717) is 25.8 Å². The van der Waals surface area contributed by atoms with Gasteiger partial charge in [0.15, 0.2) is 0 Å². The van der Waals surface area contributed by atoms with Crippen LogP contribution in [-0.4, -0.2) is 35.3 Å². The summed E-state index contributed by atoms with van der Waals surface area (Å²) in [6.45, 7) is 2.43. The van der Waals surface area contributed by atoms with Gasteiger partial charge in [-0.1, -0.05) is 13.3 Å². The van der Waals surface area contributed by atoms with Gasteiger partial charge in [-0.3, -0.25) is 14.4 Å². The SMILES string of the molecule is CCC(Cc1c(I)cc(I)c(NC(=O)CCCCCNC(=O)CCl)c1I)C(=O)O. The lowest BCUT2D eigenvalue weighted by atomic mass is 9.97. The van der Waals surface area contributed by atoms with E-state index in [2.05, 4.69) is 78.4 Å². The Bertz CT molecular complexity index is 747. The molecule has 162 valence electrons. The number of carbonyl (C=O) groups excluding carboxylic acids is 2. The number of hydrogen-bond donors (Lipinski definition) is 3. The Morgan fingerprint density at radius 1 is 1.10 bits per heavy atom. The molecule has 0 aliphatic carbocycles. The van der Waals surface area contributed by atoms with Crippen molar-refractivity contribution in [1.29, 1.82) is 0 Å². The second-order valence-corrected chi connectivity index (χ2v) is 10.2. The second-order valence-electron chi connectivity index (χ2n) is 6.50. The van der Waals surface area contributed by atoms with Gasteiger partial charge in [0.1, 0.15) is 5.88 Å². The molecule has 1 unspecified atom stereocenters. The summed E-state index contributed by atoms with van der Waals surface area (Å²) < 4.78 is 2.84. The number of alkyl halides is 1. The van der Waals surface area contributed by atoms with E-state index in [1.807, 2.05) is 13.0 Å². The Balaban J connectivity index is 2.69. The number of halogens is 4. The van der Waals surface area contributed by atoms with Gasteiger partial charge in [-0.15, -0.1) is 11.6 Å². The van der Waals surface area contributed by atoms with Crippen molar-refractivity contribution in [2.45, 2.75) is 45.4 Å². The lowest BCUT2D eigenvalue weighted by Gasteiger charge is -2.18. The van der Waals surface area contributed by atoms with E-state index in [-0.39, 0.29) is 17.7 Å². The molecule has 0 saturated carbocycles. The second kappa shape index (κ2) is 14.2. The summed E-state index contributed by atoms with van der Waals surface area (Å²) >= 11 is 12.0. The van der Waals surface area contributed by atoms with Gasteiger partial charge in [-0.25, -0.2) is 0 Å². The summed E-state index contributed by atoms with van der Waals surface area (Å²) in [6, 6.07) is 1.97. The summed E-state index contributed by atoms with van der Waals surface area (Å²) in [6.07, 6.45) is 3.75. The van der Waals surface area contributed by atoms with E-state index in [9.17, 15) is 19.5 Å². The van der Waals surface area contributed by atoms with Gasteiger partial charge in [-0.2, -0.15) is 0 Å². The fourth-order valence-corrected chi connectivity index (χ4v) is 6.83. The minimum Gasteiger partial charge on any atom is -0.481 e. The number of amides is 2. The van der Waals surface area contributed by atoms with Crippen LogP contribution in [0.4, 0.5) is 5.69 Å². The highest BCUT2D eigenvalue weighted by atomic mass is 127. The predicted molar refractivity (Wildman–Crippen MR) is 141 cm³/mol. The molecular weight excluding hydrogens is 736 g/mol. The van der Waals surface area contributed by atoms with E-state index in [0.717, 1.165) is 41.2 Å². The van der Waals surface area contributed by atoms with Crippen LogP contribution in [-0.2, 0) is 20.8 Å². The number of rotatable bonds is 12. The molecular formula is C19H24ClI3N2O4. The normalized spacial score (nSPS) is 11.8. The molecule has 1 atom stereocenters. The number of carboxylic acid groups (broad SMARTS) is 1. The van der Waals surface area contributed by atoms with Crippen LogP contribution in [0.2, 0.25) is 0 Å². The molecule has 0 aliphatic rings. The van der Waals surface area contributed by atoms with Crippen LogP contribution in [0.1, 0.15) is 44.6 Å². The van der Waals surface area contributed by atoms with Crippen LogP contribution in [0.25, 0.3) is 0 Å².